The van der Waals surface area contributed by atoms with Crippen LogP contribution in [0, 0.1) is 13.8 Å². The molecule has 0 bridgehead atoms. The number of hydrogen-bond acceptors (Lipinski definition) is 5. The molecule has 1 heterocycles. The molecule has 1 aromatic carbocycles. The number of benzene rings is 1. The van der Waals surface area contributed by atoms with Crippen LogP contribution >= 0.6 is 11.3 Å². The Morgan fingerprint density at radius 2 is 2.05 bits per heavy atom. The molecule has 6 nitrogen and oxygen atoms in total. The summed E-state index contributed by atoms with van der Waals surface area (Å²) in [5.74, 6) is -0.282. The van der Waals surface area contributed by atoms with Crippen molar-refractivity contribution in [2.45, 2.75) is 31.7 Å². The topological polar surface area (TPSA) is 102 Å². The number of carbonyl (C=O) groups excluding carboxylic acids is 1. The minimum absolute atomic E-state index is 0.0202. The molecular weight excluding hydrogens is 322 g/mol. The van der Waals surface area contributed by atoms with Crippen molar-refractivity contribution in [2.75, 3.05) is 0 Å². The van der Waals surface area contributed by atoms with E-state index < -0.39 is 10.0 Å². The molecule has 22 heavy (non-hydrogen) atoms. The van der Waals surface area contributed by atoms with E-state index in [-0.39, 0.29) is 16.8 Å². The first-order chi connectivity index (χ1) is 10.2. The van der Waals surface area contributed by atoms with Gasteiger partial charge in [0.2, 0.25) is 10.0 Å². The second kappa shape index (κ2) is 6.15. The highest BCUT2D eigenvalue weighted by Gasteiger charge is 2.18. The summed E-state index contributed by atoms with van der Waals surface area (Å²) in [7, 11) is -3.77. The molecular formula is C14H17N3O3S2. The van der Waals surface area contributed by atoms with E-state index in [2.05, 4.69) is 10.3 Å². The number of nitrogens with two attached hydrogens (primary N) is 1. The predicted octanol–water partition coefficient (Wildman–Crippen LogP) is 1.90. The maximum Gasteiger partial charge on any atom is 0.271 e. The third kappa shape index (κ3) is 3.70. The van der Waals surface area contributed by atoms with Crippen LogP contribution in [-0.2, 0) is 10.0 Å². The van der Waals surface area contributed by atoms with Crippen LogP contribution in [0.3, 0.4) is 0 Å². The normalized spacial score (nSPS) is 12.9. The molecule has 0 saturated carbocycles. The van der Waals surface area contributed by atoms with Gasteiger partial charge in [-0.05, 0) is 38.5 Å². The molecule has 118 valence electrons. The number of primary sulfonamides is 1. The minimum Gasteiger partial charge on any atom is -0.344 e. The smallest absolute Gasteiger partial charge is 0.271 e. The lowest BCUT2D eigenvalue weighted by molar-refractivity contribution is 0.0935. The van der Waals surface area contributed by atoms with E-state index >= 15 is 0 Å². The quantitative estimate of drug-likeness (QED) is 0.888. The van der Waals surface area contributed by atoms with Crippen LogP contribution in [0.25, 0.3) is 0 Å². The molecule has 1 aromatic heterocycles. The van der Waals surface area contributed by atoms with Crippen LogP contribution in [0.4, 0.5) is 0 Å². The van der Waals surface area contributed by atoms with E-state index in [1.807, 2.05) is 13.8 Å². The van der Waals surface area contributed by atoms with Crippen molar-refractivity contribution in [3.05, 3.63) is 45.4 Å². The van der Waals surface area contributed by atoms with E-state index in [0.717, 1.165) is 9.88 Å². The van der Waals surface area contributed by atoms with Crippen molar-refractivity contribution in [3.63, 3.8) is 0 Å². The average molecular weight is 339 g/mol. The molecule has 0 aliphatic rings. The second-order valence-corrected chi connectivity index (χ2v) is 7.92. The van der Waals surface area contributed by atoms with Gasteiger partial charge in [-0.25, -0.2) is 18.5 Å². The van der Waals surface area contributed by atoms with Crippen molar-refractivity contribution >= 4 is 27.3 Å². The zero-order valence-electron chi connectivity index (χ0n) is 12.5. The molecule has 0 radical (unpaired) electrons. The third-order valence-corrected chi connectivity index (χ3v) is 4.95. The van der Waals surface area contributed by atoms with Gasteiger partial charge in [0.25, 0.3) is 5.91 Å². The molecule has 0 unspecified atom stereocenters. The van der Waals surface area contributed by atoms with Gasteiger partial charge in [-0.15, -0.1) is 11.3 Å². The maximum atomic E-state index is 12.2. The van der Waals surface area contributed by atoms with Gasteiger partial charge in [-0.3, -0.25) is 4.79 Å². The fourth-order valence-electron chi connectivity index (χ4n) is 2.05. The van der Waals surface area contributed by atoms with Gasteiger partial charge in [0.15, 0.2) is 0 Å². The van der Waals surface area contributed by atoms with Crippen LogP contribution in [0.5, 0.6) is 0 Å². The highest BCUT2D eigenvalue weighted by Crippen LogP contribution is 2.20. The Labute approximate surface area is 133 Å². The first-order valence-corrected chi connectivity index (χ1v) is 8.92. The van der Waals surface area contributed by atoms with E-state index in [1.165, 1.54) is 23.5 Å². The van der Waals surface area contributed by atoms with Crippen molar-refractivity contribution in [3.8, 4) is 0 Å². The molecule has 8 heteroatoms. The number of amides is 1. The lowest BCUT2D eigenvalue weighted by atomic mass is 10.1. The van der Waals surface area contributed by atoms with E-state index in [0.29, 0.717) is 11.3 Å². The highest BCUT2D eigenvalue weighted by atomic mass is 32.2. The summed E-state index contributed by atoms with van der Waals surface area (Å²) >= 11 is 1.46. The number of aromatic nitrogens is 1. The van der Waals surface area contributed by atoms with Crippen LogP contribution in [0.15, 0.2) is 29.2 Å². The number of hydrogen-bond donors (Lipinski definition) is 2. The standard InChI is InChI=1S/C14H17N3O3S2/c1-8(11-5-4-6-12(7-11)22(15,19)20)16-14(18)13-9(2)21-10(3)17-13/h4-8H,1-3H3,(H,16,18)(H2,15,19,20)/t8-/m0/s1. The van der Waals surface area contributed by atoms with Gasteiger partial charge in [-0.2, -0.15) is 0 Å². The highest BCUT2D eigenvalue weighted by molar-refractivity contribution is 7.89. The lowest BCUT2D eigenvalue weighted by Gasteiger charge is -2.14. The number of nitrogens with zero attached hydrogens (tertiary/aromatic N) is 1. The zero-order valence-corrected chi connectivity index (χ0v) is 14.1. The monoisotopic (exact) mass is 339 g/mol. The van der Waals surface area contributed by atoms with Crippen LogP contribution in [-0.4, -0.2) is 19.3 Å². The van der Waals surface area contributed by atoms with E-state index in [1.54, 1.807) is 19.1 Å². The Morgan fingerprint density at radius 1 is 1.36 bits per heavy atom. The van der Waals surface area contributed by atoms with Gasteiger partial charge in [0, 0.05) is 4.88 Å². The predicted molar refractivity (Wildman–Crippen MR) is 85.3 cm³/mol. The van der Waals surface area contributed by atoms with Crippen LogP contribution in [0.1, 0.15) is 38.9 Å². The minimum atomic E-state index is -3.77. The third-order valence-electron chi connectivity index (χ3n) is 3.15. The molecule has 2 rings (SSSR count). The van der Waals surface area contributed by atoms with E-state index in [9.17, 15) is 13.2 Å². The van der Waals surface area contributed by atoms with Crippen molar-refractivity contribution < 1.29 is 13.2 Å². The summed E-state index contributed by atoms with van der Waals surface area (Å²) in [5, 5.41) is 8.76. The Morgan fingerprint density at radius 3 is 2.59 bits per heavy atom. The van der Waals surface area contributed by atoms with Gasteiger partial charge >= 0.3 is 0 Å². The van der Waals surface area contributed by atoms with Crippen molar-refractivity contribution in [1.29, 1.82) is 0 Å². The zero-order chi connectivity index (χ0) is 16.5. The van der Waals surface area contributed by atoms with Crippen molar-refractivity contribution in [1.82, 2.24) is 10.3 Å². The molecule has 0 saturated heterocycles. The molecule has 3 N–H and O–H groups in total. The molecule has 0 aliphatic carbocycles. The summed E-state index contributed by atoms with van der Waals surface area (Å²) in [4.78, 5) is 17.3. The Kier molecular flexibility index (Phi) is 4.64. The molecule has 1 amide bonds. The average Bonchev–Trinajstić information content (AvgIpc) is 2.77. The summed E-state index contributed by atoms with van der Waals surface area (Å²) in [6, 6.07) is 5.84. The van der Waals surface area contributed by atoms with Crippen LogP contribution in [0.2, 0.25) is 0 Å². The van der Waals surface area contributed by atoms with Gasteiger partial charge in [0.05, 0.1) is 15.9 Å². The van der Waals surface area contributed by atoms with E-state index in [4.69, 9.17) is 5.14 Å². The summed E-state index contributed by atoms with van der Waals surface area (Å²) in [6.07, 6.45) is 0. The number of carbonyl (C=O) groups is 1. The number of thiazole rings is 1. The summed E-state index contributed by atoms with van der Waals surface area (Å²) in [6.45, 7) is 5.45. The summed E-state index contributed by atoms with van der Waals surface area (Å²) in [5.41, 5.74) is 1.06. The largest absolute Gasteiger partial charge is 0.344 e. The number of rotatable bonds is 4. The first-order valence-electron chi connectivity index (χ1n) is 6.56. The molecule has 1 atom stereocenters. The molecule has 2 aromatic rings. The molecule has 0 spiro atoms. The Bertz CT molecular complexity index is 812. The second-order valence-electron chi connectivity index (χ2n) is 4.95. The molecule has 0 fully saturated rings. The Balaban J connectivity index is 2.21. The Hall–Kier alpha value is -1.77. The summed E-state index contributed by atoms with van der Waals surface area (Å²) < 4.78 is 22.8. The lowest BCUT2D eigenvalue weighted by Crippen LogP contribution is -2.27. The first kappa shape index (κ1) is 16.6. The van der Waals surface area contributed by atoms with Gasteiger partial charge in [0.1, 0.15) is 5.69 Å². The van der Waals surface area contributed by atoms with Gasteiger partial charge in [-0.1, -0.05) is 12.1 Å². The fraction of sp³-hybridized carbons (Fsp3) is 0.286. The van der Waals surface area contributed by atoms with Crippen molar-refractivity contribution in [2.24, 2.45) is 5.14 Å². The fourth-order valence-corrected chi connectivity index (χ4v) is 3.43. The maximum absolute atomic E-state index is 12.2. The van der Waals surface area contributed by atoms with Crippen LogP contribution < -0.4 is 10.5 Å². The molecule has 0 aliphatic heterocycles. The number of sulfonamides is 1. The number of aryl methyl sites for hydroxylation is 2. The van der Waals surface area contributed by atoms with Gasteiger partial charge < -0.3 is 5.32 Å². The SMILES string of the molecule is Cc1nc(C(=O)N[C@@H](C)c2cccc(S(N)(=O)=O)c2)c(C)s1. The number of nitrogens with one attached hydrogen (secondary N) is 1.